The average Bonchev–Trinajstić information content (AvgIpc) is 3.26. The number of amides is 2. The standard InChI is InChI=1S/C26H28N4O2/c1-2-29-25(32)26(11-14-30(19-26)24(31)15-21-5-3-12-27-17-21)16-20-7-9-22(10-8-20)23-6-4-13-28-18-23/h3-10,12-13,17-18H,2,11,14-16,19H2,1H3,(H,29,32)/t26-/m0/s1. The Morgan fingerprint density at radius 3 is 2.38 bits per heavy atom. The minimum absolute atomic E-state index is 0.0213. The fourth-order valence-electron chi connectivity index (χ4n) is 4.37. The maximum Gasteiger partial charge on any atom is 0.228 e. The monoisotopic (exact) mass is 428 g/mol. The number of aromatic nitrogens is 2. The lowest BCUT2D eigenvalue weighted by molar-refractivity contribution is -0.132. The van der Waals surface area contributed by atoms with Gasteiger partial charge in [0, 0.05) is 44.4 Å². The van der Waals surface area contributed by atoms with Crippen molar-refractivity contribution in [2.24, 2.45) is 5.41 Å². The Kier molecular flexibility index (Phi) is 6.59. The summed E-state index contributed by atoms with van der Waals surface area (Å²) in [7, 11) is 0. The van der Waals surface area contributed by atoms with E-state index in [1.165, 1.54) is 0 Å². The van der Waals surface area contributed by atoms with Gasteiger partial charge in [-0.05, 0) is 54.2 Å². The highest BCUT2D eigenvalue weighted by Crippen LogP contribution is 2.35. The topological polar surface area (TPSA) is 75.2 Å². The zero-order valence-corrected chi connectivity index (χ0v) is 18.3. The van der Waals surface area contributed by atoms with E-state index in [9.17, 15) is 9.59 Å². The van der Waals surface area contributed by atoms with Crippen molar-refractivity contribution >= 4 is 11.8 Å². The second-order valence-electron chi connectivity index (χ2n) is 8.36. The number of likely N-dealkylation sites (tertiary alicyclic amines) is 1. The van der Waals surface area contributed by atoms with E-state index in [2.05, 4.69) is 39.6 Å². The van der Waals surface area contributed by atoms with Crippen molar-refractivity contribution < 1.29 is 9.59 Å². The van der Waals surface area contributed by atoms with Gasteiger partial charge < -0.3 is 10.2 Å². The summed E-state index contributed by atoms with van der Waals surface area (Å²) in [6.07, 6.45) is 8.57. The number of rotatable bonds is 7. The first-order valence-electron chi connectivity index (χ1n) is 11.0. The van der Waals surface area contributed by atoms with Gasteiger partial charge in [0.05, 0.1) is 11.8 Å². The second kappa shape index (κ2) is 9.73. The van der Waals surface area contributed by atoms with E-state index < -0.39 is 5.41 Å². The summed E-state index contributed by atoms with van der Waals surface area (Å²) in [4.78, 5) is 36.1. The molecule has 0 unspecified atom stereocenters. The number of pyridine rings is 2. The maximum atomic E-state index is 13.1. The van der Waals surface area contributed by atoms with Crippen LogP contribution in [0, 0.1) is 5.41 Å². The molecule has 0 spiro atoms. The SMILES string of the molecule is CCNC(=O)[C@]1(Cc2ccc(-c3cccnc3)cc2)CCN(C(=O)Cc2cccnc2)C1. The van der Waals surface area contributed by atoms with Crippen molar-refractivity contribution in [3.63, 3.8) is 0 Å². The van der Waals surface area contributed by atoms with Gasteiger partial charge in [0.15, 0.2) is 0 Å². The molecule has 1 saturated heterocycles. The van der Waals surface area contributed by atoms with Gasteiger partial charge in [0.25, 0.3) is 0 Å². The highest BCUT2D eigenvalue weighted by molar-refractivity contribution is 5.86. The molecule has 3 heterocycles. The molecule has 0 radical (unpaired) electrons. The molecule has 3 aromatic rings. The predicted octanol–water partition coefficient (Wildman–Crippen LogP) is 3.28. The third-order valence-corrected chi connectivity index (χ3v) is 6.09. The Morgan fingerprint density at radius 1 is 0.969 bits per heavy atom. The van der Waals surface area contributed by atoms with E-state index in [1.54, 1.807) is 18.6 Å². The second-order valence-corrected chi connectivity index (χ2v) is 8.36. The van der Waals surface area contributed by atoms with Gasteiger partial charge in [-0.15, -0.1) is 0 Å². The minimum atomic E-state index is -0.615. The van der Waals surface area contributed by atoms with Crippen molar-refractivity contribution in [3.8, 4) is 11.1 Å². The Bertz CT molecular complexity index is 1050. The molecule has 1 aromatic carbocycles. The lowest BCUT2D eigenvalue weighted by Gasteiger charge is -2.28. The van der Waals surface area contributed by atoms with Crippen LogP contribution in [0.4, 0.5) is 0 Å². The molecule has 164 valence electrons. The number of benzene rings is 1. The van der Waals surface area contributed by atoms with E-state index in [0.717, 1.165) is 22.3 Å². The molecule has 2 aromatic heterocycles. The quantitative estimate of drug-likeness (QED) is 0.627. The lowest BCUT2D eigenvalue weighted by atomic mass is 9.79. The normalized spacial score (nSPS) is 17.8. The van der Waals surface area contributed by atoms with Gasteiger partial charge in [-0.1, -0.05) is 36.4 Å². The summed E-state index contributed by atoms with van der Waals surface area (Å²) < 4.78 is 0. The molecular weight excluding hydrogens is 400 g/mol. The van der Waals surface area contributed by atoms with Crippen molar-refractivity contribution in [2.75, 3.05) is 19.6 Å². The highest BCUT2D eigenvalue weighted by Gasteiger charge is 2.45. The van der Waals surface area contributed by atoms with Gasteiger partial charge in [-0.3, -0.25) is 19.6 Å². The van der Waals surface area contributed by atoms with E-state index >= 15 is 0 Å². The minimum Gasteiger partial charge on any atom is -0.356 e. The zero-order chi connectivity index (χ0) is 22.4. The first kappa shape index (κ1) is 21.7. The van der Waals surface area contributed by atoms with Crippen molar-refractivity contribution in [1.29, 1.82) is 0 Å². The first-order chi connectivity index (χ1) is 15.6. The largest absolute Gasteiger partial charge is 0.356 e. The molecule has 6 nitrogen and oxygen atoms in total. The molecule has 2 amide bonds. The van der Waals surface area contributed by atoms with Gasteiger partial charge in [-0.25, -0.2) is 0 Å². The molecule has 1 N–H and O–H groups in total. The molecule has 1 fully saturated rings. The summed E-state index contributed by atoms with van der Waals surface area (Å²) in [6.45, 7) is 3.52. The summed E-state index contributed by atoms with van der Waals surface area (Å²) in [5.41, 5.74) is 3.51. The summed E-state index contributed by atoms with van der Waals surface area (Å²) in [5, 5.41) is 3.00. The third-order valence-electron chi connectivity index (χ3n) is 6.09. The van der Waals surface area contributed by atoms with Crippen LogP contribution in [0.15, 0.2) is 73.3 Å². The van der Waals surface area contributed by atoms with Crippen LogP contribution in [0.1, 0.15) is 24.5 Å². The van der Waals surface area contributed by atoms with Crippen LogP contribution in [0.2, 0.25) is 0 Å². The maximum absolute atomic E-state index is 13.1. The summed E-state index contributed by atoms with van der Waals surface area (Å²) in [6, 6.07) is 16.0. The highest BCUT2D eigenvalue weighted by atomic mass is 16.2. The Morgan fingerprint density at radius 2 is 1.72 bits per heavy atom. The van der Waals surface area contributed by atoms with E-state index in [4.69, 9.17) is 0 Å². The molecule has 4 rings (SSSR count). The number of carbonyl (C=O) groups excluding carboxylic acids is 2. The molecule has 0 aliphatic carbocycles. The summed E-state index contributed by atoms with van der Waals surface area (Å²) in [5.74, 6) is 0.0594. The van der Waals surface area contributed by atoms with E-state index in [-0.39, 0.29) is 11.8 Å². The fourth-order valence-corrected chi connectivity index (χ4v) is 4.37. The predicted molar refractivity (Wildman–Crippen MR) is 124 cm³/mol. The van der Waals surface area contributed by atoms with Gasteiger partial charge >= 0.3 is 0 Å². The Hall–Kier alpha value is -3.54. The average molecular weight is 429 g/mol. The lowest BCUT2D eigenvalue weighted by Crippen LogP contribution is -2.45. The van der Waals surface area contributed by atoms with Crippen molar-refractivity contribution in [3.05, 3.63) is 84.4 Å². The molecule has 1 aliphatic heterocycles. The van der Waals surface area contributed by atoms with Gasteiger partial charge in [0.2, 0.25) is 11.8 Å². The molecule has 1 atom stereocenters. The third kappa shape index (κ3) is 4.85. The molecular formula is C26H28N4O2. The van der Waals surface area contributed by atoms with Crippen molar-refractivity contribution in [1.82, 2.24) is 20.2 Å². The van der Waals surface area contributed by atoms with Crippen LogP contribution >= 0.6 is 0 Å². The van der Waals surface area contributed by atoms with Crippen LogP contribution < -0.4 is 5.32 Å². The van der Waals surface area contributed by atoms with Gasteiger partial charge in [-0.2, -0.15) is 0 Å². The number of hydrogen-bond donors (Lipinski definition) is 1. The molecule has 32 heavy (non-hydrogen) atoms. The molecule has 0 bridgehead atoms. The van der Waals surface area contributed by atoms with Crippen LogP contribution in [0.5, 0.6) is 0 Å². The molecule has 6 heteroatoms. The number of nitrogens with one attached hydrogen (secondary N) is 1. The van der Waals surface area contributed by atoms with Crippen LogP contribution in [-0.2, 0) is 22.4 Å². The van der Waals surface area contributed by atoms with Gasteiger partial charge in [0.1, 0.15) is 0 Å². The Balaban J connectivity index is 1.50. The Labute approximate surface area is 188 Å². The van der Waals surface area contributed by atoms with Crippen molar-refractivity contribution in [2.45, 2.75) is 26.2 Å². The van der Waals surface area contributed by atoms with Crippen LogP contribution in [-0.4, -0.2) is 46.3 Å². The molecule has 1 aliphatic rings. The van der Waals surface area contributed by atoms with Crippen LogP contribution in [0.25, 0.3) is 11.1 Å². The fraction of sp³-hybridized carbons (Fsp3) is 0.308. The molecule has 0 saturated carbocycles. The first-order valence-corrected chi connectivity index (χ1v) is 11.0. The van der Waals surface area contributed by atoms with E-state index in [0.29, 0.717) is 38.9 Å². The number of hydrogen-bond acceptors (Lipinski definition) is 4. The summed E-state index contributed by atoms with van der Waals surface area (Å²) >= 11 is 0. The number of nitrogens with zero attached hydrogens (tertiary/aromatic N) is 3. The number of carbonyl (C=O) groups is 2. The smallest absolute Gasteiger partial charge is 0.228 e. The van der Waals surface area contributed by atoms with Crippen LogP contribution in [0.3, 0.4) is 0 Å². The zero-order valence-electron chi connectivity index (χ0n) is 18.3. The van der Waals surface area contributed by atoms with E-state index in [1.807, 2.05) is 42.3 Å².